The Morgan fingerprint density at radius 1 is 1.50 bits per heavy atom. The smallest absolute Gasteiger partial charge is 0.270 e. The summed E-state index contributed by atoms with van der Waals surface area (Å²) in [6.07, 6.45) is 3.10. The summed E-state index contributed by atoms with van der Waals surface area (Å²) >= 11 is 0. The Labute approximate surface area is 104 Å². The molecule has 0 spiro atoms. The SMILES string of the molecule is Cc1cnc(C(C)NC(=O)c2cc(N)ccn2)o1. The highest BCUT2D eigenvalue weighted by Crippen LogP contribution is 2.13. The molecule has 0 aliphatic rings. The van der Waals surface area contributed by atoms with Crippen LogP contribution in [-0.2, 0) is 0 Å². The molecule has 1 atom stereocenters. The van der Waals surface area contributed by atoms with Crippen molar-refractivity contribution in [1.29, 1.82) is 0 Å². The van der Waals surface area contributed by atoms with Gasteiger partial charge in [-0.2, -0.15) is 0 Å². The van der Waals surface area contributed by atoms with E-state index in [0.717, 1.165) is 0 Å². The number of nitrogens with one attached hydrogen (secondary N) is 1. The molecular weight excluding hydrogens is 232 g/mol. The number of nitrogens with zero attached hydrogens (tertiary/aromatic N) is 2. The quantitative estimate of drug-likeness (QED) is 0.854. The number of carbonyl (C=O) groups is 1. The Bertz CT molecular complexity index is 565. The van der Waals surface area contributed by atoms with Crippen LogP contribution in [0.2, 0.25) is 0 Å². The van der Waals surface area contributed by atoms with Gasteiger partial charge in [0.2, 0.25) is 5.89 Å². The number of nitrogens with two attached hydrogens (primary N) is 1. The minimum Gasteiger partial charge on any atom is -0.444 e. The van der Waals surface area contributed by atoms with Crippen molar-refractivity contribution in [2.24, 2.45) is 0 Å². The normalized spacial score (nSPS) is 12.1. The predicted molar refractivity (Wildman–Crippen MR) is 65.8 cm³/mol. The van der Waals surface area contributed by atoms with E-state index < -0.39 is 0 Å². The lowest BCUT2D eigenvalue weighted by Crippen LogP contribution is -2.27. The van der Waals surface area contributed by atoms with E-state index in [4.69, 9.17) is 10.2 Å². The minimum absolute atomic E-state index is 0.269. The zero-order chi connectivity index (χ0) is 13.1. The molecule has 0 aromatic carbocycles. The molecule has 0 bridgehead atoms. The highest BCUT2D eigenvalue weighted by Gasteiger charge is 2.16. The number of oxazole rings is 1. The summed E-state index contributed by atoms with van der Waals surface area (Å²) < 4.78 is 5.33. The first-order valence-corrected chi connectivity index (χ1v) is 5.51. The van der Waals surface area contributed by atoms with E-state index in [-0.39, 0.29) is 17.6 Å². The number of amides is 1. The van der Waals surface area contributed by atoms with Crippen molar-refractivity contribution in [1.82, 2.24) is 15.3 Å². The van der Waals surface area contributed by atoms with Crippen LogP contribution in [0.3, 0.4) is 0 Å². The Kier molecular flexibility index (Phi) is 3.27. The van der Waals surface area contributed by atoms with Crippen molar-refractivity contribution >= 4 is 11.6 Å². The second-order valence-electron chi connectivity index (χ2n) is 3.98. The molecule has 1 amide bonds. The molecule has 2 heterocycles. The monoisotopic (exact) mass is 246 g/mol. The average Bonchev–Trinajstić information content (AvgIpc) is 2.76. The Morgan fingerprint density at radius 2 is 2.28 bits per heavy atom. The van der Waals surface area contributed by atoms with E-state index in [1.165, 1.54) is 12.3 Å². The third-order valence-corrected chi connectivity index (χ3v) is 2.37. The van der Waals surface area contributed by atoms with Gasteiger partial charge in [-0.25, -0.2) is 4.98 Å². The molecule has 0 aliphatic carbocycles. The Morgan fingerprint density at radius 3 is 2.89 bits per heavy atom. The molecule has 6 nitrogen and oxygen atoms in total. The molecule has 0 saturated carbocycles. The zero-order valence-electron chi connectivity index (χ0n) is 10.2. The molecule has 18 heavy (non-hydrogen) atoms. The van der Waals surface area contributed by atoms with Gasteiger partial charge in [-0.3, -0.25) is 9.78 Å². The third-order valence-electron chi connectivity index (χ3n) is 2.37. The maximum atomic E-state index is 11.9. The van der Waals surface area contributed by atoms with E-state index in [9.17, 15) is 4.79 Å². The zero-order valence-corrected chi connectivity index (χ0v) is 10.2. The highest BCUT2D eigenvalue weighted by molar-refractivity contribution is 5.93. The average molecular weight is 246 g/mol. The molecule has 2 aromatic rings. The number of nitrogen functional groups attached to an aromatic ring is 1. The van der Waals surface area contributed by atoms with Crippen LogP contribution in [0.25, 0.3) is 0 Å². The van der Waals surface area contributed by atoms with Crippen molar-refractivity contribution < 1.29 is 9.21 Å². The van der Waals surface area contributed by atoms with E-state index in [0.29, 0.717) is 17.3 Å². The van der Waals surface area contributed by atoms with Gasteiger partial charge in [0, 0.05) is 11.9 Å². The van der Waals surface area contributed by atoms with Gasteiger partial charge in [-0.05, 0) is 26.0 Å². The van der Waals surface area contributed by atoms with Crippen molar-refractivity contribution in [2.75, 3.05) is 5.73 Å². The molecule has 2 rings (SSSR count). The van der Waals surface area contributed by atoms with Crippen LogP contribution in [0, 0.1) is 6.92 Å². The van der Waals surface area contributed by atoms with Crippen molar-refractivity contribution in [3.8, 4) is 0 Å². The molecule has 94 valence electrons. The number of carbonyl (C=O) groups excluding carboxylic acids is 1. The van der Waals surface area contributed by atoms with Crippen LogP contribution in [-0.4, -0.2) is 15.9 Å². The van der Waals surface area contributed by atoms with E-state index in [1.54, 1.807) is 26.1 Å². The fraction of sp³-hybridized carbons (Fsp3) is 0.250. The van der Waals surface area contributed by atoms with Crippen LogP contribution in [0.15, 0.2) is 28.9 Å². The summed E-state index contributed by atoms with van der Waals surface area (Å²) in [6, 6.07) is 2.81. The number of rotatable bonds is 3. The summed E-state index contributed by atoms with van der Waals surface area (Å²) in [4.78, 5) is 19.9. The first kappa shape index (κ1) is 12.1. The number of hydrogen-bond donors (Lipinski definition) is 2. The molecule has 0 aliphatic heterocycles. The lowest BCUT2D eigenvalue weighted by molar-refractivity contribution is 0.0929. The molecule has 2 aromatic heterocycles. The number of aromatic nitrogens is 2. The number of hydrogen-bond acceptors (Lipinski definition) is 5. The van der Waals surface area contributed by atoms with Crippen molar-refractivity contribution in [3.63, 3.8) is 0 Å². The molecule has 0 fully saturated rings. The lowest BCUT2D eigenvalue weighted by atomic mass is 10.2. The molecule has 0 saturated heterocycles. The largest absolute Gasteiger partial charge is 0.444 e. The minimum atomic E-state index is -0.325. The fourth-order valence-electron chi connectivity index (χ4n) is 1.48. The number of anilines is 1. The maximum absolute atomic E-state index is 11.9. The lowest BCUT2D eigenvalue weighted by Gasteiger charge is -2.10. The van der Waals surface area contributed by atoms with Crippen LogP contribution in [0.1, 0.15) is 35.1 Å². The van der Waals surface area contributed by atoms with E-state index in [2.05, 4.69) is 15.3 Å². The van der Waals surface area contributed by atoms with Gasteiger partial charge >= 0.3 is 0 Å². The van der Waals surface area contributed by atoms with Crippen LogP contribution in [0.4, 0.5) is 5.69 Å². The predicted octanol–water partition coefficient (Wildman–Crippen LogP) is 1.45. The van der Waals surface area contributed by atoms with E-state index in [1.807, 2.05) is 0 Å². The van der Waals surface area contributed by atoms with Crippen molar-refractivity contribution in [3.05, 3.63) is 41.9 Å². The second kappa shape index (κ2) is 4.87. The summed E-state index contributed by atoms with van der Waals surface area (Å²) in [6.45, 7) is 3.58. The van der Waals surface area contributed by atoms with Gasteiger partial charge in [0.1, 0.15) is 17.5 Å². The fourth-order valence-corrected chi connectivity index (χ4v) is 1.48. The molecular formula is C12H14N4O2. The first-order chi connectivity index (χ1) is 8.56. The maximum Gasteiger partial charge on any atom is 0.270 e. The van der Waals surface area contributed by atoms with Gasteiger partial charge in [-0.15, -0.1) is 0 Å². The highest BCUT2D eigenvalue weighted by atomic mass is 16.4. The number of pyridine rings is 1. The summed E-state index contributed by atoms with van der Waals surface area (Å²) in [5.41, 5.74) is 6.35. The summed E-state index contributed by atoms with van der Waals surface area (Å²) in [5.74, 6) is 0.851. The Hall–Kier alpha value is -2.37. The summed E-state index contributed by atoms with van der Waals surface area (Å²) in [7, 11) is 0. The molecule has 3 N–H and O–H groups in total. The van der Waals surface area contributed by atoms with E-state index >= 15 is 0 Å². The van der Waals surface area contributed by atoms with Crippen LogP contribution >= 0.6 is 0 Å². The first-order valence-electron chi connectivity index (χ1n) is 5.51. The molecule has 1 unspecified atom stereocenters. The topological polar surface area (TPSA) is 94.0 Å². The number of aryl methyl sites for hydroxylation is 1. The van der Waals surface area contributed by atoms with Gasteiger partial charge in [0.05, 0.1) is 6.20 Å². The molecule has 0 radical (unpaired) electrons. The second-order valence-corrected chi connectivity index (χ2v) is 3.98. The van der Waals surface area contributed by atoms with Gasteiger partial charge in [0.15, 0.2) is 0 Å². The van der Waals surface area contributed by atoms with Gasteiger partial charge < -0.3 is 15.5 Å². The third kappa shape index (κ3) is 2.65. The van der Waals surface area contributed by atoms with Gasteiger partial charge in [-0.1, -0.05) is 0 Å². The Balaban J connectivity index is 2.08. The summed E-state index contributed by atoms with van der Waals surface area (Å²) in [5, 5.41) is 2.74. The van der Waals surface area contributed by atoms with Crippen LogP contribution < -0.4 is 11.1 Å². The standard InChI is InChI=1S/C12H14N4O2/c1-7-6-15-12(18-7)8(2)16-11(17)10-5-9(13)3-4-14-10/h3-6,8H,1-2H3,(H2,13,14)(H,16,17). The van der Waals surface area contributed by atoms with Gasteiger partial charge in [0.25, 0.3) is 5.91 Å². The van der Waals surface area contributed by atoms with Crippen LogP contribution in [0.5, 0.6) is 0 Å². The molecule has 6 heteroatoms. The van der Waals surface area contributed by atoms with Crippen molar-refractivity contribution in [2.45, 2.75) is 19.9 Å².